The number of likely N-dealkylation sites (N-methyl/N-ethyl adjacent to an activating group) is 1. The predicted octanol–water partition coefficient (Wildman–Crippen LogP) is 1.62. The first-order chi connectivity index (χ1) is 5.00. The van der Waals surface area contributed by atoms with E-state index in [9.17, 15) is 9.59 Å². The van der Waals surface area contributed by atoms with Gasteiger partial charge in [0.2, 0.25) is 6.41 Å². The summed E-state index contributed by atoms with van der Waals surface area (Å²) in [5.74, 6) is -0.366. The van der Waals surface area contributed by atoms with Gasteiger partial charge in [-0.25, -0.2) is 0 Å². The number of amides is 2. The molecule has 11 heavy (non-hydrogen) atoms. The number of hydrogen-bond acceptors (Lipinski definition) is 2. The van der Waals surface area contributed by atoms with Gasteiger partial charge in [0.1, 0.15) is 0 Å². The summed E-state index contributed by atoms with van der Waals surface area (Å²) < 4.78 is 1.02. The minimum Gasteiger partial charge on any atom is -0.284 e. The molecule has 0 unspecified atom stereocenters. The Hall–Kier alpha value is -0.160. The van der Waals surface area contributed by atoms with Crippen LogP contribution < -0.4 is 0 Å². The molecule has 5 heteroatoms. The summed E-state index contributed by atoms with van der Waals surface area (Å²) in [5, 5.41) is 0. The summed E-state index contributed by atoms with van der Waals surface area (Å²) in [7, 11) is 1.40. The van der Waals surface area contributed by atoms with Crippen LogP contribution in [0.5, 0.6) is 0 Å². The third-order valence-corrected chi connectivity index (χ3v) is 2.83. The fourth-order valence-electron chi connectivity index (χ4n) is 0.350. The number of imide groups is 1. The standard InChI is InChI=1S/C6H7Br2NO2/c1-4(7)5(8)6(11)9(2)3-10/h3H,1-2H3/b5-4-. The van der Waals surface area contributed by atoms with Gasteiger partial charge in [0.05, 0.1) is 4.48 Å². The molecule has 0 aliphatic heterocycles. The van der Waals surface area contributed by atoms with E-state index in [-0.39, 0.29) is 5.91 Å². The zero-order chi connectivity index (χ0) is 9.02. The molecule has 0 aromatic carbocycles. The van der Waals surface area contributed by atoms with Crippen molar-refractivity contribution < 1.29 is 9.59 Å². The molecule has 0 aliphatic carbocycles. The van der Waals surface area contributed by atoms with Crippen LogP contribution in [0.4, 0.5) is 0 Å². The molecule has 0 fully saturated rings. The van der Waals surface area contributed by atoms with E-state index >= 15 is 0 Å². The largest absolute Gasteiger partial charge is 0.284 e. The van der Waals surface area contributed by atoms with Gasteiger partial charge in [-0.1, -0.05) is 15.9 Å². The summed E-state index contributed by atoms with van der Waals surface area (Å²) >= 11 is 6.14. The van der Waals surface area contributed by atoms with E-state index in [1.807, 2.05) is 0 Å². The van der Waals surface area contributed by atoms with Crippen molar-refractivity contribution in [1.29, 1.82) is 0 Å². The van der Waals surface area contributed by atoms with Crippen molar-refractivity contribution in [2.75, 3.05) is 7.05 Å². The lowest BCUT2D eigenvalue weighted by Crippen LogP contribution is -2.24. The van der Waals surface area contributed by atoms with Gasteiger partial charge in [-0.3, -0.25) is 14.5 Å². The lowest BCUT2D eigenvalue weighted by atomic mass is 10.5. The molecule has 0 bridgehead atoms. The molecule has 0 atom stereocenters. The van der Waals surface area contributed by atoms with Crippen molar-refractivity contribution in [3.63, 3.8) is 0 Å². The molecule has 0 spiro atoms. The van der Waals surface area contributed by atoms with E-state index in [0.717, 1.165) is 4.90 Å². The van der Waals surface area contributed by atoms with Gasteiger partial charge >= 0.3 is 0 Å². The van der Waals surface area contributed by atoms with Gasteiger partial charge in [-0.05, 0) is 22.9 Å². The molecule has 0 rings (SSSR count). The molecule has 3 nitrogen and oxygen atoms in total. The molecule has 0 saturated heterocycles. The highest BCUT2D eigenvalue weighted by Gasteiger charge is 2.12. The Morgan fingerprint density at radius 3 is 2.18 bits per heavy atom. The Morgan fingerprint density at radius 2 is 1.91 bits per heavy atom. The minimum atomic E-state index is -0.366. The van der Waals surface area contributed by atoms with Crippen molar-refractivity contribution in [3.05, 3.63) is 8.96 Å². The van der Waals surface area contributed by atoms with Crippen LogP contribution in [0.15, 0.2) is 8.96 Å². The Bertz CT molecular complexity index is 209. The van der Waals surface area contributed by atoms with E-state index in [2.05, 4.69) is 31.9 Å². The van der Waals surface area contributed by atoms with Crippen LogP contribution >= 0.6 is 31.9 Å². The Balaban J connectivity index is 4.51. The van der Waals surface area contributed by atoms with Gasteiger partial charge in [0.15, 0.2) is 0 Å². The third-order valence-electron chi connectivity index (χ3n) is 0.969. The van der Waals surface area contributed by atoms with Crippen molar-refractivity contribution in [2.24, 2.45) is 0 Å². The monoisotopic (exact) mass is 283 g/mol. The maximum absolute atomic E-state index is 11.1. The lowest BCUT2D eigenvalue weighted by Gasteiger charge is -2.07. The number of carbonyl (C=O) groups excluding carboxylic acids is 2. The summed E-state index contributed by atoms with van der Waals surface area (Å²) in [6, 6.07) is 0. The van der Waals surface area contributed by atoms with Crippen LogP contribution in [0.2, 0.25) is 0 Å². The van der Waals surface area contributed by atoms with Crippen molar-refractivity contribution in [2.45, 2.75) is 6.92 Å². The average Bonchev–Trinajstić information content (AvgIpc) is 2.00. The molecule has 0 radical (unpaired) electrons. The maximum Gasteiger partial charge on any atom is 0.267 e. The zero-order valence-electron chi connectivity index (χ0n) is 6.10. The SMILES string of the molecule is C/C(Br)=C(/Br)C(=O)N(C)C=O. The predicted molar refractivity (Wildman–Crippen MR) is 49.4 cm³/mol. The third kappa shape index (κ3) is 3.16. The van der Waals surface area contributed by atoms with Crippen molar-refractivity contribution >= 4 is 44.2 Å². The van der Waals surface area contributed by atoms with Crippen LogP contribution in [0.3, 0.4) is 0 Å². The first kappa shape index (κ1) is 10.8. The number of nitrogens with zero attached hydrogens (tertiary/aromatic N) is 1. The maximum atomic E-state index is 11.1. The molecule has 62 valence electrons. The summed E-state index contributed by atoms with van der Waals surface area (Å²) in [6.45, 7) is 1.71. The first-order valence-electron chi connectivity index (χ1n) is 2.75. The second-order valence-electron chi connectivity index (χ2n) is 1.87. The fourth-order valence-corrected chi connectivity index (χ4v) is 0.799. The van der Waals surface area contributed by atoms with Crippen LogP contribution in [-0.4, -0.2) is 24.3 Å². The highest BCUT2D eigenvalue weighted by atomic mass is 79.9. The fraction of sp³-hybridized carbons (Fsp3) is 0.333. The van der Waals surface area contributed by atoms with Gasteiger partial charge in [0.25, 0.3) is 5.91 Å². The van der Waals surface area contributed by atoms with E-state index in [1.165, 1.54) is 7.05 Å². The Labute approximate surface area is 81.7 Å². The zero-order valence-corrected chi connectivity index (χ0v) is 9.27. The van der Waals surface area contributed by atoms with E-state index in [4.69, 9.17) is 0 Å². The molecule has 2 amide bonds. The van der Waals surface area contributed by atoms with Crippen LogP contribution in [0.1, 0.15) is 6.92 Å². The first-order valence-corrected chi connectivity index (χ1v) is 4.33. The number of rotatable bonds is 2. The van der Waals surface area contributed by atoms with Gasteiger partial charge in [-0.2, -0.15) is 0 Å². The highest BCUT2D eigenvalue weighted by molar-refractivity contribution is 9.14. The van der Waals surface area contributed by atoms with Crippen LogP contribution in [-0.2, 0) is 9.59 Å². The van der Waals surface area contributed by atoms with Crippen molar-refractivity contribution in [1.82, 2.24) is 4.90 Å². The molecule has 0 N–H and O–H groups in total. The molecule has 0 aromatic rings. The average molecular weight is 285 g/mol. The summed E-state index contributed by atoms with van der Waals surface area (Å²) in [5.41, 5.74) is 0. The number of allylic oxidation sites excluding steroid dienone is 1. The van der Waals surface area contributed by atoms with E-state index in [0.29, 0.717) is 15.4 Å². The number of carbonyl (C=O) groups is 2. The number of hydrogen-bond donors (Lipinski definition) is 0. The molecular formula is C6H7Br2NO2. The molecule has 0 saturated carbocycles. The molecule has 0 heterocycles. The molecule has 0 aromatic heterocycles. The normalized spacial score (nSPS) is 12.0. The van der Waals surface area contributed by atoms with Gasteiger partial charge in [-0.15, -0.1) is 0 Å². The Morgan fingerprint density at radius 1 is 1.45 bits per heavy atom. The smallest absolute Gasteiger partial charge is 0.267 e. The van der Waals surface area contributed by atoms with Crippen LogP contribution in [0.25, 0.3) is 0 Å². The van der Waals surface area contributed by atoms with Gasteiger partial charge < -0.3 is 0 Å². The number of halogens is 2. The summed E-state index contributed by atoms with van der Waals surface area (Å²) in [6.07, 6.45) is 0.458. The van der Waals surface area contributed by atoms with Gasteiger partial charge in [0, 0.05) is 11.5 Å². The highest BCUT2D eigenvalue weighted by Crippen LogP contribution is 2.18. The Kier molecular flexibility index (Phi) is 4.60. The van der Waals surface area contributed by atoms with Crippen LogP contribution in [0, 0.1) is 0 Å². The second kappa shape index (κ2) is 4.66. The lowest BCUT2D eigenvalue weighted by molar-refractivity contribution is -0.133. The van der Waals surface area contributed by atoms with E-state index < -0.39 is 0 Å². The molecular weight excluding hydrogens is 278 g/mol. The second-order valence-corrected chi connectivity index (χ2v) is 3.85. The quantitative estimate of drug-likeness (QED) is 0.571. The van der Waals surface area contributed by atoms with E-state index in [1.54, 1.807) is 6.92 Å². The molecule has 0 aliphatic rings. The topological polar surface area (TPSA) is 37.4 Å². The minimum absolute atomic E-state index is 0.354. The summed E-state index contributed by atoms with van der Waals surface area (Å²) in [4.78, 5) is 22.1. The van der Waals surface area contributed by atoms with Crippen molar-refractivity contribution in [3.8, 4) is 0 Å².